The van der Waals surface area contributed by atoms with Crippen molar-refractivity contribution < 1.29 is 19.4 Å². The Morgan fingerprint density at radius 3 is 3.04 bits per heavy atom. The molecule has 1 amide bonds. The third-order valence-electron chi connectivity index (χ3n) is 4.35. The first kappa shape index (κ1) is 16.1. The van der Waals surface area contributed by atoms with E-state index in [0.717, 1.165) is 24.9 Å². The smallest absolute Gasteiger partial charge is 0.255 e. The van der Waals surface area contributed by atoms with Crippen LogP contribution in [0.15, 0.2) is 12.1 Å². The van der Waals surface area contributed by atoms with Gasteiger partial charge in [0.05, 0.1) is 24.9 Å². The second-order valence-electron chi connectivity index (χ2n) is 6.22. The highest BCUT2D eigenvalue weighted by atomic mass is 16.5. The topological polar surface area (TPSA) is 79.8 Å². The normalized spacial score (nSPS) is 23.9. The first-order chi connectivity index (χ1) is 11.1. The standard InChI is InChI=1S/C17H24N2O4/c1-11-7-13(16-15(8-11)22-5-2-6-23-16)17(21)19-9-12-3-4-18-10-14(12)20/h7-8,12,14,18,20H,2-6,9-10H2,1H3,(H,19,21)/t12-,14-/m1/s1. The maximum absolute atomic E-state index is 12.6. The maximum Gasteiger partial charge on any atom is 0.255 e. The van der Waals surface area contributed by atoms with E-state index in [2.05, 4.69) is 10.6 Å². The molecule has 1 fully saturated rings. The van der Waals surface area contributed by atoms with E-state index in [4.69, 9.17) is 9.47 Å². The number of carbonyl (C=O) groups excluding carboxylic acids is 1. The van der Waals surface area contributed by atoms with Gasteiger partial charge in [-0.05, 0) is 37.6 Å². The lowest BCUT2D eigenvalue weighted by atomic mass is 9.95. The van der Waals surface area contributed by atoms with Crippen LogP contribution >= 0.6 is 0 Å². The zero-order valence-corrected chi connectivity index (χ0v) is 13.4. The molecule has 0 unspecified atom stereocenters. The molecular weight excluding hydrogens is 296 g/mol. The van der Waals surface area contributed by atoms with Crippen LogP contribution in [0.25, 0.3) is 0 Å². The number of β-amino-alcohol motifs (C(OH)–C–C–N with tert-alkyl or cyclic N) is 1. The fraction of sp³-hybridized carbons (Fsp3) is 0.588. The lowest BCUT2D eigenvalue weighted by Gasteiger charge is -2.28. The lowest BCUT2D eigenvalue weighted by molar-refractivity contribution is 0.0752. The van der Waals surface area contributed by atoms with Gasteiger partial charge in [0.25, 0.3) is 5.91 Å². The van der Waals surface area contributed by atoms with Crippen molar-refractivity contribution in [3.8, 4) is 11.5 Å². The van der Waals surface area contributed by atoms with Gasteiger partial charge in [0.2, 0.25) is 0 Å². The monoisotopic (exact) mass is 320 g/mol. The second-order valence-corrected chi connectivity index (χ2v) is 6.22. The quantitative estimate of drug-likeness (QED) is 0.770. The number of amides is 1. The van der Waals surface area contributed by atoms with Gasteiger partial charge in [-0.15, -0.1) is 0 Å². The number of rotatable bonds is 3. The van der Waals surface area contributed by atoms with Gasteiger partial charge in [0.15, 0.2) is 11.5 Å². The third-order valence-corrected chi connectivity index (χ3v) is 4.35. The van der Waals surface area contributed by atoms with Crippen LogP contribution in [0.5, 0.6) is 11.5 Å². The Balaban J connectivity index is 1.72. The molecule has 1 aromatic carbocycles. The molecule has 2 aliphatic rings. The van der Waals surface area contributed by atoms with Gasteiger partial charge in [0.1, 0.15) is 0 Å². The van der Waals surface area contributed by atoms with Crippen LogP contribution in [0, 0.1) is 12.8 Å². The molecule has 3 N–H and O–H groups in total. The van der Waals surface area contributed by atoms with Gasteiger partial charge in [-0.3, -0.25) is 4.79 Å². The Morgan fingerprint density at radius 1 is 1.39 bits per heavy atom. The molecule has 3 rings (SSSR count). The number of fused-ring (bicyclic) bond motifs is 1. The first-order valence-corrected chi connectivity index (χ1v) is 8.22. The summed E-state index contributed by atoms with van der Waals surface area (Å²) in [5, 5.41) is 16.0. The van der Waals surface area contributed by atoms with Crippen LogP contribution in [-0.4, -0.2) is 50.0 Å². The number of hydrogen-bond acceptors (Lipinski definition) is 5. The van der Waals surface area contributed by atoms with Crippen molar-refractivity contribution in [1.82, 2.24) is 10.6 Å². The van der Waals surface area contributed by atoms with Gasteiger partial charge in [0, 0.05) is 25.4 Å². The molecule has 6 nitrogen and oxygen atoms in total. The Bertz CT molecular complexity index is 576. The first-order valence-electron chi connectivity index (χ1n) is 8.22. The molecule has 0 aromatic heterocycles. The van der Waals surface area contributed by atoms with E-state index in [1.165, 1.54) is 0 Å². The molecule has 0 radical (unpaired) electrons. The number of hydrogen-bond donors (Lipinski definition) is 3. The predicted molar refractivity (Wildman–Crippen MR) is 86.1 cm³/mol. The van der Waals surface area contributed by atoms with Gasteiger partial charge in [-0.2, -0.15) is 0 Å². The average Bonchev–Trinajstić information content (AvgIpc) is 2.78. The zero-order valence-electron chi connectivity index (χ0n) is 13.4. The van der Waals surface area contributed by atoms with E-state index in [9.17, 15) is 9.90 Å². The molecular formula is C17H24N2O4. The summed E-state index contributed by atoms with van der Waals surface area (Å²) in [4.78, 5) is 12.6. The molecule has 0 saturated carbocycles. The molecule has 6 heteroatoms. The highest BCUT2D eigenvalue weighted by molar-refractivity contribution is 5.98. The van der Waals surface area contributed by atoms with E-state index in [0.29, 0.717) is 43.4 Å². The molecule has 126 valence electrons. The molecule has 0 bridgehead atoms. The van der Waals surface area contributed by atoms with Crippen molar-refractivity contribution in [2.45, 2.75) is 25.9 Å². The molecule has 1 saturated heterocycles. The van der Waals surface area contributed by atoms with Crippen molar-refractivity contribution in [2.24, 2.45) is 5.92 Å². The number of benzene rings is 1. The zero-order chi connectivity index (χ0) is 16.2. The van der Waals surface area contributed by atoms with Crippen LogP contribution < -0.4 is 20.1 Å². The van der Waals surface area contributed by atoms with E-state index in [1.807, 2.05) is 19.1 Å². The summed E-state index contributed by atoms with van der Waals surface area (Å²) in [5.41, 5.74) is 1.46. The minimum Gasteiger partial charge on any atom is -0.490 e. The van der Waals surface area contributed by atoms with E-state index >= 15 is 0 Å². The Hall–Kier alpha value is -1.79. The van der Waals surface area contributed by atoms with Gasteiger partial charge < -0.3 is 25.2 Å². The second kappa shape index (κ2) is 7.19. The van der Waals surface area contributed by atoms with Crippen LogP contribution in [0.4, 0.5) is 0 Å². The van der Waals surface area contributed by atoms with Crippen molar-refractivity contribution >= 4 is 5.91 Å². The van der Waals surface area contributed by atoms with Crippen molar-refractivity contribution in [3.05, 3.63) is 23.3 Å². The number of piperidine rings is 1. The van der Waals surface area contributed by atoms with E-state index in [1.54, 1.807) is 0 Å². The number of aliphatic hydroxyl groups excluding tert-OH is 1. The Morgan fingerprint density at radius 2 is 2.22 bits per heavy atom. The van der Waals surface area contributed by atoms with Gasteiger partial charge in [-0.25, -0.2) is 0 Å². The molecule has 2 heterocycles. The van der Waals surface area contributed by atoms with Crippen molar-refractivity contribution in [1.29, 1.82) is 0 Å². The summed E-state index contributed by atoms with van der Waals surface area (Å²) < 4.78 is 11.4. The van der Waals surface area contributed by atoms with Crippen LogP contribution in [0.3, 0.4) is 0 Å². The fourth-order valence-electron chi connectivity index (χ4n) is 3.03. The lowest BCUT2D eigenvalue weighted by Crippen LogP contribution is -2.45. The number of nitrogens with one attached hydrogen (secondary N) is 2. The molecule has 2 aliphatic heterocycles. The van der Waals surface area contributed by atoms with E-state index < -0.39 is 6.10 Å². The van der Waals surface area contributed by atoms with Crippen molar-refractivity contribution in [3.63, 3.8) is 0 Å². The Labute approximate surface area is 136 Å². The van der Waals surface area contributed by atoms with Crippen molar-refractivity contribution in [2.75, 3.05) is 32.8 Å². The van der Waals surface area contributed by atoms with Crippen LogP contribution in [-0.2, 0) is 0 Å². The summed E-state index contributed by atoms with van der Waals surface area (Å²) in [7, 11) is 0. The molecule has 2 atom stereocenters. The maximum atomic E-state index is 12.6. The number of aryl methyl sites for hydroxylation is 1. The molecule has 0 aliphatic carbocycles. The number of aliphatic hydroxyl groups is 1. The largest absolute Gasteiger partial charge is 0.490 e. The van der Waals surface area contributed by atoms with Gasteiger partial charge >= 0.3 is 0 Å². The average molecular weight is 320 g/mol. The van der Waals surface area contributed by atoms with Crippen LogP contribution in [0.1, 0.15) is 28.8 Å². The summed E-state index contributed by atoms with van der Waals surface area (Å²) in [6.45, 7) is 4.99. The summed E-state index contributed by atoms with van der Waals surface area (Å²) in [5.74, 6) is 1.06. The molecule has 23 heavy (non-hydrogen) atoms. The summed E-state index contributed by atoms with van der Waals surface area (Å²) in [6.07, 6.45) is 1.24. The number of ether oxygens (including phenoxy) is 2. The highest BCUT2D eigenvalue weighted by Gasteiger charge is 2.25. The Kier molecular flexibility index (Phi) is 5.03. The number of carbonyl (C=O) groups is 1. The van der Waals surface area contributed by atoms with E-state index in [-0.39, 0.29) is 11.8 Å². The highest BCUT2D eigenvalue weighted by Crippen LogP contribution is 2.34. The summed E-state index contributed by atoms with van der Waals surface area (Å²) in [6, 6.07) is 3.72. The SMILES string of the molecule is Cc1cc2c(c(C(=O)NC[C@H]3CCNC[C@H]3O)c1)OCCCO2. The third kappa shape index (κ3) is 3.76. The van der Waals surface area contributed by atoms with Crippen LogP contribution in [0.2, 0.25) is 0 Å². The van der Waals surface area contributed by atoms with Gasteiger partial charge in [-0.1, -0.05) is 0 Å². The minimum atomic E-state index is -0.418. The molecule has 1 aromatic rings. The minimum absolute atomic E-state index is 0.0841. The fourth-order valence-corrected chi connectivity index (χ4v) is 3.03. The predicted octanol–water partition coefficient (Wildman–Crippen LogP) is 0.857. The molecule has 0 spiro atoms. The summed E-state index contributed by atoms with van der Waals surface area (Å²) >= 11 is 0.